The Hall–Kier alpha value is -2.31. The average molecular weight is 281 g/mol. The van der Waals surface area contributed by atoms with Crippen LogP contribution in [0.25, 0.3) is 0 Å². The van der Waals surface area contributed by atoms with Gasteiger partial charge in [-0.1, -0.05) is 0 Å². The first kappa shape index (κ1) is 14.1. The van der Waals surface area contributed by atoms with Crippen molar-refractivity contribution in [1.29, 1.82) is 0 Å². The molecule has 1 aliphatic heterocycles. The van der Waals surface area contributed by atoms with Crippen LogP contribution in [0.5, 0.6) is 0 Å². The fourth-order valence-electron chi connectivity index (χ4n) is 2.04. The number of hydrogen-bond acceptors (Lipinski definition) is 6. The normalized spacial score (nSPS) is 13.6. The van der Waals surface area contributed by atoms with Crippen molar-refractivity contribution in [2.24, 2.45) is 0 Å². The summed E-state index contributed by atoms with van der Waals surface area (Å²) in [5, 5.41) is 0. The van der Waals surface area contributed by atoms with E-state index < -0.39 is 17.7 Å². The minimum absolute atomic E-state index is 0.169. The molecule has 1 aromatic heterocycles. The number of nitrogens with zero attached hydrogens (tertiary/aromatic N) is 1. The minimum atomic E-state index is -0.755. The third-order valence-electron chi connectivity index (χ3n) is 3.01. The Morgan fingerprint density at radius 1 is 1.45 bits per heavy atom. The van der Waals surface area contributed by atoms with Crippen LogP contribution in [-0.4, -0.2) is 37.2 Å². The Morgan fingerprint density at radius 3 is 2.85 bits per heavy atom. The standard InChI is InChI=1S/C13H15NO6/c1-3-19-13(17)14-5-4-10-8(7-14)6-9(11(15)18-2)12(16)20-10/h6H,3-5,7H2,1-2H3. The van der Waals surface area contributed by atoms with Crippen molar-refractivity contribution in [3.8, 4) is 0 Å². The minimum Gasteiger partial charge on any atom is -0.465 e. The Balaban J connectivity index is 2.29. The first-order valence-electron chi connectivity index (χ1n) is 6.22. The van der Waals surface area contributed by atoms with Crippen molar-refractivity contribution in [2.75, 3.05) is 20.3 Å². The smallest absolute Gasteiger partial charge is 0.410 e. The molecule has 0 unspecified atom stereocenters. The molecule has 20 heavy (non-hydrogen) atoms. The summed E-state index contributed by atoms with van der Waals surface area (Å²) in [4.78, 5) is 36.2. The van der Waals surface area contributed by atoms with Gasteiger partial charge in [-0.25, -0.2) is 14.4 Å². The predicted octanol–water partition coefficient (Wildman–Crippen LogP) is 0.941. The summed E-state index contributed by atoms with van der Waals surface area (Å²) >= 11 is 0. The first-order valence-corrected chi connectivity index (χ1v) is 6.22. The van der Waals surface area contributed by atoms with Crippen molar-refractivity contribution < 1.29 is 23.5 Å². The number of esters is 1. The molecule has 7 heteroatoms. The van der Waals surface area contributed by atoms with E-state index in [1.807, 2.05) is 0 Å². The third-order valence-corrected chi connectivity index (χ3v) is 3.01. The summed E-state index contributed by atoms with van der Waals surface area (Å²) in [6.07, 6.45) is -0.0193. The summed E-state index contributed by atoms with van der Waals surface area (Å²) in [7, 11) is 1.19. The van der Waals surface area contributed by atoms with Gasteiger partial charge in [0.15, 0.2) is 0 Å². The van der Waals surface area contributed by atoms with Crippen LogP contribution >= 0.6 is 0 Å². The third kappa shape index (κ3) is 2.66. The molecule has 1 aromatic rings. The van der Waals surface area contributed by atoms with Gasteiger partial charge in [-0.15, -0.1) is 0 Å². The SMILES string of the molecule is CCOC(=O)N1CCc2oc(=O)c(C(=O)OC)cc2C1. The molecule has 0 atom stereocenters. The largest absolute Gasteiger partial charge is 0.465 e. The number of amides is 1. The summed E-state index contributed by atoms with van der Waals surface area (Å²) in [6.45, 7) is 2.66. The number of carbonyl (C=O) groups excluding carboxylic acids is 2. The molecule has 2 heterocycles. The van der Waals surface area contributed by atoms with Gasteiger partial charge in [-0.05, 0) is 13.0 Å². The molecule has 0 N–H and O–H groups in total. The second kappa shape index (κ2) is 5.77. The van der Waals surface area contributed by atoms with E-state index in [-0.39, 0.29) is 12.1 Å². The number of rotatable bonds is 2. The molecule has 108 valence electrons. The summed E-state index contributed by atoms with van der Waals surface area (Å²) in [5.74, 6) is -0.266. The highest BCUT2D eigenvalue weighted by Crippen LogP contribution is 2.19. The molecule has 0 aromatic carbocycles. The van der Waals surface area contributed by atoms with E-state index in [0.29, 0.717) is 30.9 Å². The zero-order valence-corrected chi connectivity index (χ0v) is 11.3. The van der Waals surface area contributed by atoms with Crippen LogP contribution in [0.15, 0.2) is 15.3 Å². The molecule has 7 nitrogen and oxygen atoms in total. The van der Waals surface area contributed by atoms with Gasteiger partial charge in [0.1, 0.15) is 11.3 Å². The van der Waals surface area contributed by atoms with E-state index in [2.05, 4.69) is 4.74 Å². The van der Waals surface area contributed by atoms with Crippen molar-refractivity contribution >= 4 is 12.1 Å². The highest BCUT2D eigenvalue weighted by molar-refractivity contribution is 5.88. The molecule has 0 radical (unpaired) electrons. The van der Waals surface area contributed by atoms with Crippen molar-refractivity contribution in [2.45, 2.75) is 19.9 Å². The van der Waals surface area contributed by atoms with Crippen LogP contribution in [0.3, 0.4) is 0 Å². The average Bonchev–Trinajstić information content (AvgIpc) is 2.45. The Bertz CT molecular complexity index is 591. The number of methoxy groups -OCH3 is 1. The van der Waals surface area contributed by atoms with Crippen LogP contribution < -0.4 is 5.63 Å². The van der Waals surface area contributed by atoms with Gasteiger partial charge in [0.05, 0.1) is 20.3 Å². The first-order chi connectivity index (χ1) is 9.56. The maximum atomic E-state index is 11.7. The highest BCUT2D eigenvalue weighted by atomic mass is 16.6. The maximum absolute atomic E-state index is 11.7. The molecule has 0 saturated carbocycles. The molecule has 2 rings (SSSR count). The van der Waals surface area contributed by atoms with Gasteiger partial charge < -0.3 is 18.8 Å². The van der Waals surface area contributed by atoms with Gasteiger partial charge in [0, 0.05) is 18.5 Å². The fraction of sp³-hybridized carbons (Fsp3) is 0.462. The molecule has 1 aliphatic rings. The van der Waals surface area contributed by atoms with Gasteiger partial charge in [-0.2, -0.15) is 0 Å². The lowest BCUT2D eigenvalue weighted by atomic mass is 10.1. The highest BCUT2D eigenvalue weighted by Gasteiger charge is 2.26. The van der Waals surface area contributed by atoms with Crippen molar-refractivity contribution in [3.63, 3.8) is 0 Å². The molecular formula is C13H15NO6. The van der Waals surface area contributed by atoms with Crippen LogP contribution in [0, 0.1) is 0 Å². The van der Waals surface area contributed by atoms with Crippen LogP contribution in [0.2, 0.25) is 0 Å². The van der Waals surface area contributed by atoms with E-state index in [1.165, 1.54) is 18.1 Å². The summed E-state index contributed by atoms with van der Waals surface area (Å²) in [5.41, 5.74) is -0.276. The second-order valence-electron chi connectivity index (χ2n) is 4.26. The maximum Gasteiger partial charge on any atom is 0.410 e. The van der Waals surface area contributed by atoms with Crippen LogP contribution in [0.1, 0.15) is 28.6 Å². The molecular weight excluding hydrogens is 266 g/mol. The Labute approximate surface area is 115 Å². The summed E-state index contributed by atoms with van der Waals surface area (Å²) in [6, 6.07) is 1.42. The molecule has 0 fully saturated rings. The molecule has 1 amide bonds. The predicted molar refractivity (Wildman–Crippen MR) is 67.5 cm³/mol. The molecule has 0 bridgehead atoms. The van der Waals surface area contributed by atoms with Crippen LogP contribution in [-0.2, 0) is 22.4 Å². The van der Waals surface area contributed by atoms with E-state index in [0.717, 1.165) is 0 Å². The zero-order chi connectivity index (χ0) is 14.7. The Morgan fingerprint density at radius 2 is 2.20 bits per heavy atom. The summed E-state index contributed by atoms with van der Waals surface area (Å²) < 4.78 is 14.5. The quantitative estimate of drug-likeness (QED) is 0.750. The van der Waals surface area contributed by atoms with Crippen LogP contribution in [0.4, 0.5) is 4.79 Å². The van der Waals surface area contributed by atoms with Gasteiger partial charge in [0.2, 0.25) is 0 Å². The van der Waals surface area contributed by atoms with E-state index in [9.17, 15) is 14.4 Å². The van der Waals surface area contributed by atoms with Gasteiger partial charge in [0.25, 0.3) is 0 Å². The lowest BCUT2D eigenvalue weighted by Gasteiger charge is -2.26. The number of carbonyl (C=O) groups is 2. The molecule has 0 saturated heterocycles. The molecule has 0 spiro atoms. The van der Waals surface area contributed by atoms with Gasteiger partial charge in [-0.3, -0.25) is 0 Å². The lowest BCUT2D eigenvalue weighted by molar-refractivity contribution is 0.0594. The van der Waals surface area contributed by atoms with E-state index >= 15 is 0 Å². The monoisotopic (exact) mass is 281 g/mol. The van der Waals surface area contributed by atoms with Crippen molar-refractivity contribution in [1.82, 2.24) is 4.90 Å². The van der Waals surface area contributed by atoms with Gasteiger partial charge >= 0.3 is 17.7 Å². The molecule has 0 aliphatic carbocycles. The Kier molecular flexibility index (Phi) is 4.07. The van der Waals surface area contributed by atoms with Crippen molar-refractivity contribution in [3.05, 3.63) is 33.4 Å². The lowest BCUT2D eigenvalue weighted by Crippen LogP contribution is -2.37. The number of fused-ring (bicyclic) bond motifs is 1. The zero-order valence-electron chi connectivity index (χ0n) is 11.3. The van der Waals surface area contributed by atoms with E-state index in [4.69, 9.17) is 9.15 Å². The number of ether oxygens (including phenoxy) is 2. The fourth-order valence-corrected chi connectivity index (χ4v) is 2.04. The second-order valence-corrected chi connectivity index (χ2v) is 4.26. The topological polar surface area (TPSA) is 86.0 Å². The van der Waals surface area contributed by atoms with E-state index in [1.54, 1.807) is 6.92 Å². The number of hydrogen-bond donors (Lipinski definition) is 0.